The Hall–Kier alpha value is -0.200. The molecule has 0 aromatic carbocycles. The molecule has 0 amide bonds. The first-order valence-corrected chi connectivity index (χ1v) is 8.49. The molecule has 7 unspecified atom stereocenters. The second kappa shape index (κ2) is 4.90. The summed E-state index contributed by atoms with van der Waals surface area (Å²) >= 11 is 0. The van der Waals surface area contributed by atoms with Crippen LogP contribution in [-0.4, -0.2) is 30.3 Å². The van der Waals surface area contributed by atoms with Gasteiger partial charge in [0.15, 0.2) is 11.9 Å². The molecular formula is C16H27NO4. The van der Waals surface area contributed by atoms with Crippen molar-refractivity contribution < 1.29 is 19.2 Å². The summed E-state index contributed by atoms with van der Waals surface area (Å²) in [5, 5.41) is 0. The van der Waals surface area contributed by atoms with E-state index in [1.807, 2.05) is 6.92 Å². The molecule has 2 bridgehead atoms. The van der Waals surface area contributed by atoms with Crippen molar-refractivity contribution in [3.8, 4) is 0 Å². The third-order valence-electron chi connectivity index (χ3n) is 6.29. The van der Waals surface area contributed by atoms with E-state index < -0.39 is 11.4 Å². The Morgan fingerprint density at radius 2 is 2.05 bits per heavy atom. The second-order valence-electron chi connectivity index (χ2n) is 7.49. The van der Waals surface area contributed by atoms with E-state index in [0.717, 1.165) is 19.3 Å². The predicted octanol–water partition coefficient (Wildman–Crippen LogP) is 2.34. The molecule has 5 heteroatoms. The number of ether oxygens (including phenoxy) is 2. The van der Waals surface area contributed by atoms with Gasteiger partial charge in [0.2, 0.25) is 5.79 Å². The Labute approximate surface area is 126 Å². The highest BCUT2D eigenvalue weighted by Crippen LogP contribution is 2.59. The van der Waals surface area contributed by atoms with Crippen LogP contribution in [0.25, 0.3) is 0 Å². The lowest BCUT2D eigenvalue weighted by molar-refractivity contribution is -0.569. The van der Waals surface area contributed by atoms with Gasteiger partial charge in [-0.3, -0.25) is 0 Å². The van der Waals surface area contributed by atoms with Crippen LogP contribution in [0.3, 0.4) is 0 Å². The first kappa shape index (κ1) is 14.4. The van der Waals surface area contributed by atoms with Crippen molar-refractivity contribution in [3.63, 3.8) is 0 Å². The summed E-state index contributed by atoms with van der Waals surface area (Å²) in [7, 11) is 0. The van der Waals surface area contributed by atoms with Gasteiger partial charge in [0.25, 0.3) is 0 Å². The zero-order valence-corrected chi connectivity index (χ0v) is 13.0. The van der Waals surface area contributed by atoms with Crippen molar-refractivity contribution in [3.05, 3.63) is 0 Å². The van der Waals surface area contributed by atoms with Gasteiger partial charge in [-0.2, -0.15) is 0 Å². The standard InChI is InChI=1S/C16H27NO4/c1-10-12-5-3-4-11-6-8-15(2)19-14(16(11,12)21-20-15)18-13(10)7-9-17/h10-14H,3-9,17H2,1-2H3. The zero-order valence-electron chi connectivity index (χ0n) is 13.0. The molecule has 1 saturated carbocycles. The maximum Gasteiger partial charge on any atom is 0.201 e. The highest BCUT2D eigenvalue weighted by atomic mass is 17.3. The van der Waals surface area contributed by atoms with E-state index in [4.69, 9.17) is 25.0 Å². The predicted molar refractivity (Wildman–Crippen MR) is 76.0 cm³/mol. The SMILES string of the molecule is CC1C(CCN)OC2OC3(C)CCC4CCCC1C42OO3. The van der Waals surface area contributed by atoms with E-state index in [1.165, 1.54) is 19.3 Å². The van der Waals surface area contributed by atoms with E-state index in [1.54, 1.807) is 0 Å². The minimum atomic E-state index is -0.661. The third kappa shape index (κ3) is 1.94. The topological polar surface area (TPSA) is 62.9 Å². The maximum atomic E-state index is 6.34. The third-order valence-corrected chi connectivity index (χ3v) is 6.29. The lowest BCUT2D eigenvalue weighted by atomic mass is 9.60. The van der Waals surface area contributed by atoms with E-state index in [-0.39, 0.29) is 12.4 Å². The van der Waals surface area contributed by atoms with Crippen molar-refractivity contribution in [2.24, 2.45) is 23.5 Å². The molecule has 1 aliphatic carbocycles. The van der Waals surface area contributed by atoms with Crippen molar-refractivity contribution in [1.29, 1.82) is 0 Å². The van der Waals surface area contributed by atoms with Crippen LogP contribution in [0.15, 0.2) is 0 Å². The molecule has 0 radical (unpaired) electrons. The molecule has 2 N–H and O–H groups in total. The van der Waals surface area contributed by atoms with Gasteiger partial charge in [-0.05, 0) is 51.0 Å². The van der Waals surface area contributed by atoms with Gasteiger partial charge in [-0.1, -0.05) is 13.3 Å². The van der Waals surface area contributed by atoms with Crippen molar-refractivity contribution in [2.75, 3.05) is 6.54 Å². The average Bonchev–Trinajstić information content (AvgIpc) is 2.69. The quantitative estimate of drug-likeness (QED) is 0.793. The molecule has 0 aromatic rings. The summed E-state index contributed by atoms with van der Waals surface area (Å²) in [6.07, 6.45) is 6.35. The van der Waals surface area contributed by atoms with Crippen molar-refractivity contribution >= 4 is 0 Å². The van der Waals surface area contributed by atoms with E-state index >= 15 is 0 Å². The number of hydrogen-bond acceptors (Lipinski definition) is 5. The maximum absolute atomic E-state index is 6.34. The highest BCUT2D eigenvalue weighted by Gasteiger charge is 2.67. The lowest BCUT2D eigenvalue weighted by Gasteiger charge is -2.59. The summed E-state index contributed by atoms with van der Waals surface area (Å²) in [4.78, 5) is 11.8. The Bertz CT molecular complexity index is 419. The van der Waals surface area contributed by atoms with Crippen LogP contribution in [0.2, 0.25) is 0 Å². The molecule has 21 heavy (non-hydrogen) atoms. The normalized spacial score (nSPS) is 55.9. The fourth-order valence-electron chi connectivity index (χ4n) is 5.12. The van der Waals surface area contributed by atoms with Crippen LogP contribution < -0.4 is 5.73 Å². The van der Waals surface area contributed by atoms with E-state index in [9.17, 15) is 0 Å². The van der Waals surface area contributed by atoms with Crippen LogP contribution in [0.5, 0.6) is 0 Å². The Balaban J connectivity index is 1.73. The van der Waals surface area contributed by atoms with Crippen LogP contribution >= 0.6 is 0 Å². The smallest absolute Gasteiger partial charge is 0.201 e. The molecule has 5 rings (SSSR count). The van der Waals surface area contributed by atoms with Crippen LogP contribution in [-0.2, 0) is 19.2 Å². The molecule has 5 nitrogen and oxygen atoms in total. The first-order chi connectivity index (χ1) is 10.1. The Morgan fingerprint density at radius 1 is 1.19 bits per heavy atom. The molecule has 120 valence electrons. The monoisotopic (exact) mass is 297 g/mol. The largest absolute Gasteiger partial charge is 0.346 e. The molecule has 5 aliphatic rings. The van der Waals surface area contributed by atoms with Crippen LogP contribution in [0.4, 0.5) is 0 Å². The van der Waals surface area contributed by atoms with Gasteiger partial charge in [0, 0.05) is 12.3 Å². The molecule has 7 atom stereocenters. The molecule has 4 aliphatic heterocycles. The minimum absolute atomic E-state index is 0.168. The van der Waals surface area contributed by atoms with Gasteiger partial charge in [-0.25, -0.2) is 9.78 Å². The number of hydrogen-bond donors (Lipinski definition) is 1. The van der Waals surface area contributed by atoms with E-state index in [0.29, 0.717) is 24.3 Å². The molecule has 5 fully saturated rings. The fraction of sp³-hybridized carbons (Fsp3) is 1.00. The van der Waals surface area contributed by atoms with Gasteiger partial charge >= 0.3 is 0 Å². The molecule has 0 aromatic heterocycles. The zero-order chi connectivity index (χ0) is 14.7. The molecule has 4 heterocycles. The minimum Gasteiger partial charge on any atom is -0.346 e. The van der Waals surface area contributed by atoms with Crippen LogP contribution in [0, 0.1) is 17.8 Å². The summed E-state index contributed by atoms with van der Waals surface area (Å²) in [6.45, 7) is 4.89. The second-order valence-corrected chi connectivity index (χ2v) is 7.49. The molecular weight excluding hydrogens is 270 g/mol. The van der Waals surface area contributed by atoms with Gasteiger partial charge in [0.1, 0.15) is 0 Å². The van der Waals surface area contributed by atoms with Crippen molar-refractivity contribution in [2.45, 2.75) is 76.2 Å². The van der Waals surface area contributed by atoms with Gasteiger partial charge < -0.3 is 15.2 Å². The molecule has 1 spiro atoms. The first-order valence-electron chi connectivity index (χ1n) is 8.49. The number of nitrogens with two attached hydrogens (primary N) is 1. The average molecular weight is 297 g/mol. The number of fused-ring (bicyclic) bond motifs is 2. The Kier molecular flexibility index (Phi) is 3.36. The lowest BCUT2D eigenvalue weighted by Crippen LogP contribution is -2.69. The summed E-state index contributed by atoms with van der Waals surface area (Å²) in [6, 6.07) is 0. The fourth-order valence-corrected chi connectivity index (χ4v) is 5.12. The number of rotatable bonds is 2. The van der Waals surface area contributed by atoms with Gasteiger partial charge in [0.05, 0.1) is 6.10 Å². The van der Waals surface area contributed by atoms with Crippen LogP contribution in [0.1, 0.15) is 52.4 Å². The van der Waals surface area contributed by atoms with Gasteiger partial charge in [-0.15, -0.1) is 0 Å². The summed E-state index contributed by atoms with van der Waals surface area (Å²) in [5.74, 6) is 0.689. The highest BCUT2D eigenvalue weighted by molar-refractivity contribution is 5.08. The summed E-state index contributed by atoms with van der Waals surface area (Å²) in [5.41, 5.74) is 5.37. The van der Waals surface area contributed by atoms with Crippen molar-refractivity contribution in [1.82, 2.24) is 0 Å². The van der Waals surface area contributed by atoms with E-state index in [2.05, 4.69) is 6.92 Å². The molecule has 4 saturated heterocycles. The Morgan fingerprint density at radius 3 is 2.86 bits per heavy atom. The summed E-state index contributed by atoms with van der Waals surface area (Å²) < 4.78 is 12.6.